The van der Waals surface area contributed by atoms with Gasteiger partial charge in [-0.15, -0.1) is 0 Å². The number of aliphatic carboxylic acids is 1. The predicted molar refractivity (Wildman–Crippen MR) is 91.2 cm³/mol. The van der Waals surface area contributed by atoms with Crippen molar-refractivity contribution in [1.29, 1.82) is 0 Å². The van der Waals surface area contributed by atoms with Crippen LogP contribution in [-0.4, -0.2) is 17.2 Å². The zero-order valence-corrected chi connectivity index (χ0v) is 14.1. The average molecular weight is 368 g/mol. The smallest absolute Gasteiger partial charge is 0.407 e. The van der Waals surface area contributed by atoms with Gasteiger partial charge in [-0.05, 0) is 23.3 Å². The third kappa shape index (κ3) is 5.44. The molecule has 2 rings (SSSR count). The second-order valence-electron chi connectivity index (χ2n) is 5.02. The highest BCUT2D eigenvalue weighted by Gasteiger charge is 2.21. The lowest BCUT2D eigenvalue weighted by Crippen LogP contribution is -2.30. The number of carbonyl (C=O) groups is 2. The molecule has 2 aromatic rings. The van der Waals surface area contributed by atoms with Gasteiger partial charge in [0, 0.05) is 10.0 Å². The maximum atomic E-state index is 12.0. The van der Waals surface area contributed by atoms with E-state index in [0.717, 1.165) is 5.56 Å². The van der Waals surface area contributed by atoms with Gasteiger partial charge >= 0.3 is 12.1 Å². The molecule has 0 aliphatic rings. The molecule has 1 unspecified atom stereocenters. The summed E-state index contributed by atoms with van der Waals surface area (Å²) < 4.78 is 5.11. The Morgan fingerprint density at radius 1 is 1.12 bits per heavy atom. The summed E-state index contributed by atoms with van der Waals surface area (Å²) in [5.74, 6) is -1.07. The van der Waals surface area contributed by atoms with Gasteiger partial charge in [0.2, 0.25) is 0 Å². The number of rotatable bonds is 6. The Hall–Kier alpha value is -2.24. The molecule has 0 bridgehead atoms. The fourth-order valence-electron chi connectivity index (χ4n) is 2.10. The van der Waals surface area contributed by atoms with Gasteiger partial charge in [-0.25, -0.2) is 4.79 Å². The van der Waals surface area contributed by atoms with Gasteiger partial charge in [-0.2, -0.15) is 0 Å². The maximum absolute atomic E-state index is 12.0. The minimum Gasteiger partial charge on any atom is -0.481 e. The molecule has 0 spiro atoms. The van der Waals surface area contributed by atoms with Crippen LogP contribution in [-0.2, 0) is 16.1 Å². The van der Waals surface area contributed by atoms with Crippen LogP contribution < -0.4 is 5.32 Å². The van der Waals surface area contributed by atoms with Crippen LogP contribution in [0, 0.1) is 0 Å². The molecule has 0 saturated heterocycles. The van der Waals surface area contributed by atoms with Crippen LogP contribution in [0.3, 0.4) is 0 Å². The van der Waals surface area contributed by atoms with Crippen LogP contribution in [0.5, 0.6) is 0 Å². The lowest BCUT2D eigenvalue weighted by molar-refractivity contribution is -0.137. The molecular weight excluding hydrogens is 353 g/mol. The molecule has 0 aliphatic heterocycles. The highest BCUT2D eigenvalue weighted by atomic mass is 35.5. The molecule has 0 fully saturated rings. The summed E-state index contributed by atoms with van der Waals surface area (Å²) in [5.41, 5.74) is 1.28. The fraction of sp³-hybridized carbons (Fsp3) is 0.176. The standard InChI is InChI=1S/C17H15Cl2NO4/c18-12-6-7-13(14(19)8-12)15(9-16(21)22)20-17(23)24-10-11-4-2-1-3-5-11/h1-8,15H,9-10H2,(H,20,23)(H,21,22). The van der Waals surface area contributed by atoms with E-state index in [1.165, 1.54) is 6.07 Å². The third-order valence-electron chi connectivity index (χ3n) is 3.22. The van der Waals surface area contributed by atoms with Gasteiger partial charge < -0.3 is 15.2 Å². The number of carboxylic acid groups (broad SMARTS) is 1. The van der Waals surface area contributed by atoms with Crippen molar-refractivity contribution in [3.8, 4) is 0 Å². The molecule has 0 aromatic heterocycles. The molecule has 0 saturated carbocycles. The van der Waals surface area contributed by atoms with Gasteiger partial charge in [-0.1, -0.05) is 59.6 Å². The molecule has 2 N–H and O–H groups in total. The Labute approximate surface area is 149 Å². The first-order chi connectivity index (χ1) is 11.5. The number of hydrogen-bond donors (Lipinski definition) is 2. The summed E-state index contributed by atoms with van der Waals surface area (Å²) in [6.07, 6.45) is -1.06. The number of nitrogens with one attached hydrogen (secondary N) is 1. The first-order valence-electron chi connectivity index (χ1n) is 7.09. The molecule has 1 atom stereocenters. The first-order valence-corrected chi connectivity index (χ1v) is 7.85. The number of carboxylic acids is 1. The summed E-state index contributed by atoms with van der Waals surface area (Å²) >= 11 is 11.9. The topological polar surface area (TPSA) is 75.6 Å². The molecule has 1 amide bonds. The van der Waals surface area contributed by atoms with Crippen LogP contribution in [0.25, 0.3) is 0 Å². The Morgan fingerprint density at radius 2 is 1.83 bits per heavy atom. The number of alkyl carbamates (subject to hydrolysis) is 1. The van der Waals surface area contributed by atoms with Crippen LogP contribution in [0.15, 0.2) is 48.5 Å². The number of halogens is 2. The van der Waals surface area contributed by atoms with Crippen molar-refractivity contribution in [2.24, 2.45) is 0 Å². The van der Waals surface area contributed by atoms with E-state index >= 15 is 0 Å². The second kappa shape index (κ2) is 8.57. The zero-order chi connectivity index (χ0) is 17.5. The molecular formula is C17H15Cl2NO4. The van der Waals surface area contributed by atoms with E-state index in [0.29, 0.717) is 10.6 Å². The summed E-state index contributed by atoms with van der Waals surface area (Å²) in [6, 6.07) is 13.0. The minimum absolute atomic E-state index is 0.0841. The Balaban J connectivity index is 2.05. The molecule has 7 heteroatoms. The van der Waals surface area contributed by atoms with Crippen molar-refractivity contribution >= 4 is 35.3 Å². The monoisotopic (exact) mass is 367 g/mol. The Kier molecular flexibility index (Phi) is 6.46. The van der Waals surface area contributed by atoms with Crippen molar-refractivity contribution in [3.63, 3.8) is 0 Å². The van der Waals surface area contributed by atoms with Crippen LogP contribution in [0.1, 0.15) is 23.6 Å². The second-order valence-corrected chi connectivity index (χ2v) is 5.87. The zero-order valence-electron chi connectivity index (χ0n) is 12.5. The van der Waals surface area contributed by atoms with E-state index in [9.17, 15) is 9.59 Å². The van der Waals surface area contributed by atoms with Crippen molar-refractivity contribution in [1.82, 2.24) is 5.32 Å². The molecule has 24 heavy (non-hydrogen) atoms. The highest BCUT2D eigenvalue weighted by molar-refractivity contribution is 6.35. The summed E-state index contributed by atoms with van der Waals surface area (Å²) in [7, 11) is 0. The molecule has 126 valence electrons. The summed E-state index contributed by atoms with van der Waals surface area (Å²) in [4.78, 5) is 23.0. The molecule has 0 heterocycles. The van der Waals surface area contributed by atoms with Crippen molar-refractivity contribution in [2.45, 2.75) is 19.1 Å². The van der Waals surface area contributed by atoms with Crippen LogP contribution in [0.4, 0.5) is 4.79 Å². The minimum atomic E-state index is -1.07. The number of carbonyl (C=O) groups excluding carboxylic acids is 1. The van der Waals surface area contributed by atoms with Gasteiger partial charge in [0.25, 0.3) is 0 Å². The number of ether oxygens (including phenoxy) is 1. The molecule has 5 nitrogen and oxygen atoms in total. The average Bonchev–Trinajstić information content (AvgIpc) is 2.53. The fourth-order valence-corrected chi connectivity index (χ4v) is 2.64. The molecule has 0 radical (unpaired) electrons. The van der Waals surface area contributed by atoms with E-state index in [2.05, 4.69) is 5.32 Å². The normalized spacial score (nSPS) is 11.6. The van der Waals surface area contributed by atoms with Crippen LogP contribution in [0.2, 0.25) is 10.0 Å². The van der Waals surface area contributed by atoms with Gasteiger partial charge in [0.15, 0.2) is 0 Å². The van der Waals surface area contributed by atoms with Crippen LogP contribution >= 0.6 is 23.2 Å². The van der Waals surface area contributed by atoms with Gasteiger partial charge in [0.1, 0.15) is 6.61 Å². The van der Waals surface area contributed by atoms with E-state index in [1.807, 2.05) is 30.3 Å². The largest absolute Gasteiger partial charge is 0.481 e. The SMILES string of the molecule is O=C(O)CC(NC(=O)OCc1ccccc1)c1ccc(Cl)cc1Cl. The lowest BCUT2D eigenvalue weighted by Gasteiger charge is -2.18. The van der Waals surface area contributed by atoms with E-state index < -0.39 is 18.1 Å². The van der Waals surface area contributed by atoms with Crippen molar-refractivity contribution in [3.05, 3.63) is 69.7 Å². The van der Waals surface area contributed by atoms with Gasteiger partial charge in [0.05, 0.1) is 12.5 Å². The molecule has 0 aliphatic carbocycles. The lowest BCUT2D eigenvalue weighted by atomic mass is 10.0. The predicted octanol–water partition coefficient (Wildman–Crippen LogP) is 4.44. The van der Waals surface area contributed by atoms with E-state index in [-0.39, 0.29) is 18.1 Å². The number of hydrogen-bond acceptors (Lipinski definition) is 3. The summed E-state index contributed by atoms with van der Waals surface area (Å²) in [5, 5.41) is 12.3. The van der Waals surface area contributed by atoms with Gasteiger partial charge in [-0.3, -0.25) is 4.79 Å². The van der Waals surface area contributed by atoms with E-state index in [1.54, 1.807) is 12.1 Å². The quantitative estimate of drug-likeness (QED) is 0.791. The number of benzene rings is 2. The number of amides is 1. The Bertz CT molecular complexity index is 722. The first kappa shape index (κ1) is 18.1. The van der Waals surface area contributed by atoms with Crippen molar-refractivity contribution < 1.29 is 19.4 Å². The maximum Gasteiger partial charge on any atom is 0.407 e. The van der Waals surface area contributed by atoms with E-state index in [4.69, 9.17) is 33.0 Å². The third-order valence-corrected chi connectivity index (χ3v) is 3.78. The highest BCUT2D eigenvalue weighted by Crippen LogP contribution is 2.28. The van der Waals surface area contributed by atoms with Crippen molar-refractivity contribution in [2.75, 3.05) is 0 Å². The summed E-state index contributed by atoms with van der Waals surface area (Å²) in [6.45, 7) is 0.0841. The molecule has 2 aromatic carbocycles. The Morgan fingerprint density at radius 3 is 2.46 bits per heavy atom.